The Hall–Kier alpha value is -4.51. The van der Waals surface area contributed by atoms with Crippen LogP contribution in [0.4, 0.5) is 22.0 Å². The van der Waals surface area contributed by atoms with Crippen molar-refractivity contribution in [1.82, 2.24) is 14.8 Å². The molecule has 8 nitrogen and oxygen atoms in total. The Balaban J connectivity index is 1.37. The number of carbonyl (C=O) groups is 2. The minimum Gasteiger partial charge on any atom is -0.444 e. The number of anilines is 3. The Kier molecular flexibility index (Phi) is 7.77. The van der Waals surface area contributed by atoms with Crippen molar-refractivity contribution in [1.29, 1.82) is 0 Å². The number of pyridine rings is 1. The van der Waals surface area contributed by atoms with Gasteiger partial charge in [0.25, 0.3) is 0 Å². The predicted molar refractivity (Wildman–Crippen MR) is 167 cm³/mol. The molecule has 5 aromatic rings. The highest BCUT2D eigenvalue weighted by atomic mass is 127. The van der Waals surface area contributed by atoms with E-state index in [0.29, 0.717) is 30.0 Å². The summed E-state index contributed by atoms with van der Waals surface area (Å²) in [5.74, 6) is 0.713. The number of fused-ring (bicyclic) bond motifs is 1. The Morgan fingerprint density at radius 2 is 1.66 bits per heavy atom. The highest BCUT2D eigenvalue weighted by Gasteiger charge is 2.32. The largest absolute Gasteiger partial charge is 0.444 e. The number of nitrogens with one attached hydrogen (secondary N) is 1. The molecule has 9 heteroatoms. The number of aromatic nitrogens is 3. The van der Waals surface area contributed by atoms with Crippen molar-refractivity contribution in [2.75, 3.05) is 16.8 Å². The van der Waals surface area contributed by atoms with E-state index in [9.17, 15) is 9.59 Å². The van der Waals surface area contributed by atoms with E-state index in [2.05, 4.69) is 10.3 Å². The summed E-state index contributed by atoms with van der Waals surface area (Å²) in [7, 11) is 0. The molecule has 1 aliphatic rings. The molecule has 0 saturated heterocycles. The quantitative estimate of drug-likeness (QED) is 0.147. The van der Waals surface area contributed by atoms with E-state index in [1.165, 1.54) is 0 Å². The van der Waals surface area contributed by atoms with Gasteiger partial charge in [-0.15, -0.1) is 0 Å². The Morgan fingerprint density at radius 1 is 0.927 bits per heavy atom. The number of benzene rings is 3. The van der Waals surface area contributed by atoms with Gasteiger partial charge in [-0.05, 0) is 35.2 Å². The number of para-hydroxylation sites is 1. The van der Waals surface area contributed by atoms with Crippen molar-refractivity contribution in [2.24, 2.45) is 0 Å². The van der Waals surface area contributed by atoms with Crippen LogP contribution < -0.4 is 10.2 Å². The molecule has 0 saturated carbocycles. The Labute approximate surface area is 251 Å². The molecule has 1 aliphatic heterocycles. The van der Waals surface area contributed by atoms with E-state index >= 15 is 0 Å². The average Bonchev–Trinajstić information content (AvgIpc) is 3.43. The van der Waals surface area contributed by atoms with Gasteiger partial charge >= 0.3 is 6.09 Å². The summed E-state index contributed by atoms with van der Waals surface area (Å²) >= 11 is 1.78. The number of amides is 1. The zero-order valence-electron chi connectivity index (χ0n) is 22.0. The number of hydrogen-bond acceptors (Lipinski definition) is 6. The highest BCUT2D eigenvalue weighted by molar-refractivity contribution is 14.1. The predicted octanol–water partition coefficient (Wildman–Crippen LogP) is 7.20. The first-order chi connectivity index (χ1) is 20.1. The lowest BCUT2D eigenvalue weighted by atomic mass is 9.98. The molecule has 3 heterocycles. The van der Waals surface area contributed by atoms with Gasteiger partial charge in [-0.1, -0.05) is 78.9 Å². The van der Waals surface area contributed by atoms with Crippen LogP contribution in [0.25, 0.3) is 11.1 Å². The monoisotopic (exact) mass is 655 g/mol. The van der Waals surface area contributed by atoms with Gasteiger partial charge in [-0.25, -0.2) is 9.48 Å². The SMILES string of the molecule is O=C(I)c1ccncc1Nc1c(-c2ccccc2)cnn1[C@@H]1Cc2ccccc2N(C(=O)OCc2ccccc2)C1. The molecular weight excluding hydrogens is 629 g/mol. The summed E-state index contributed by atoms with van der Waals surface area (Å²) < 4.78 is 7.55. The second kappa shape index (κ2) is 11.9. The summed E-state index contributed by atoms with van der Waals surface area (Å²) in [4.78, 5) is 31.8. The smallest absolute Gasteiger partial charge is 0.414 e. The van der Waals surface area contributed by atoms with Crippen LogP contribution in [0.15, 0.2) is 110 Å². The molecule has 0 unspecified atom stereocenters. The van der Waals surface area contributed by atoms with Crippen LogP contribution in [0.2, 0.25) is 0 Å². The molecule has 1 N–H and O–H groups in total. The standard InChI is InChI=1S/C32H26IN5O3/c33-30(39)26-15-16-34-19-28(26)36-31-27(23-11-5-2-6-12-23)18-35-38(31)25-17-24-13-7-8-14-29(24)37(20-25)32(40)41-21-22-9-3-1-4-10-22/h1-16,18-19,25,36H,17,20-21H2/t25-/m1/s1. The van der Waals surface area contributed by atoms with Gasteiger partial charge in [0.1, 0.15) is 12.4 Å². The van der Waals surface area contributed by atoms with Gasteiger partial charge in [-0.2, -0.15) is 5.10 Å². The zero-order chi connectivity index (χ0) is 28.2. The van der Waals surface area contributed by atoms with E-state index in [-0.39, 0.29) is 16.4 Å². The number of carbonyl (C=O) groups excluding carboxylic acids is 2. The first kappa shape index (κ1) is 26.7. The lowest BCUT2D eigenvalue weighted by molar-refractivity contribution is 0.110. The van der Waals surface area contributed by atoms with Crippen LogP contribution in [-0.2, 0) is 17.8 Å². The molecule has 6 rings (SSSR count). The van der Waals surface area contributed by atoms with E-state index in [1.54, 1.807) is 46.0 Å². The molecule has 0 aliphatic carbocycles. The van der Waals surface area contributed by atoms with Crippen LogP contribution in [0, 0.1) is 0 Å². The maximum absolute atomic E-state index is 13.4. The third-order valence-corrected chi connectivity index (χ3v) is 7.65. The maximum atomic E-state index is 13.4. The summed E-state index contributed by atoms with van der Waals surface area (Å²) in [5, 5.41) is 8.27. The molecule has 1 atom stereocenters. The normalized spacial score (nSPS) is 14.3. The molecule has 3 aromatic carbocycles. The second-order valence-electron chi connectivity index (χ2n) is 9.67. The fourth-order valence-electron chi connectivity index (χ4n) is 5.09. The summed E-state index contributed by atoms with van der Waals surface area (Å²) in [5.41, 5.74) is 5.73. The molecule has 0 fully saturated rings. The van der Waals surface area contributed by atoms with Crippen LogP contribution in [0.3, 0.4) is 0 Å². The third kappa shape index (κ3) is 5.71. The third-order valence-electron chi connectivity index (χ3n) is 7.07. The molecule has 204 valence electrons. The van der Waals surface area contributed by atoms with Crippen LogP contribution in [-0.4, -0.2) is 31.2 Å². The van der Waals surface area contributed by atoms with Gasteiger partial charge in [-0.3, -0.25) is 14.7 Å². The first-order valence-corrected chi connectivity index (χ1v) is 14.3. The van der Waals surface area contributed by atoms with Gasteiger partial charge < -0.3 is 10.1 Å². The van der Waals surface area contributed by atoms with E-state index in [1.807, 2.05) is 95.8 Å². The van der Waals surface area contributed by atoms with Gasteiger partial charge in [0, 0.05) is 34.4 Å². The number of rotatable bonds is 7. The fraction of sp³-hybridized carbons (Fsp3) is 0.125. The topological polar surface area (TPSA) is 89.4 Å². The Bertz CT molecular complexity index is 1690. The Morgan fingerprint density at radius 3 is 2.44 bits per heavy atom. The molecular formula is C32H26IN5O3. The first-order valence-electron chi connectivity index (χ1n) is 13.2. The van der Waals surface area contributed by atoms with Crippen molar-refractivity contribution in [2.45, 2.75) is 19.1 Å². The minimum atomic E-state index is -0.416. The van der Waals surface area contributed by atoms with Crippen LogP contribution in [0.1, 0.15) is 27.5 Å². The van der Waals surface area contributed by atoms with Crippen molar-refractivity contribution in [3.8, 4) is 11.1 Å². The van der Waals surface area contributed by atoms with Gasteiger partial charge in [0.05, 0.1) is 41.9 Å². The lowest BCUT2D eigenvalue weighted by Crippen LogP contribution is -2.41. The number of nitrogens with zero attached hydrogens (tertiary/aromatic N) is 4. The second-order valence-corrected chi connectivity index (χ2v) is 10.7. The van der Waals surface area contributed by atoms with Crippen LogP contribution >= 0.6 is 22.6 Å². The van der Waals surface area contributed by atoms with Crippen molar-refractivity contribution < 1.29 is 14.3 Å². The molecule has 2 aromatic heterocycles. The summed E-state index contributed by atoms with van der Waals surface area (Å²) in [6.45, 7) is 0.546. The number of halogens is 1. The molecule has 0 radical (unpaired) electrons. The van der Waals surface area contributed by atoms with Crippen LogP contribution in [0.5, 0.6) is 0 Å². The van der Waals surface area contributed by atoms with Gasteiger partial charge in [0.15, 0.2) is 0 Å². The van der Waals surface area contributed by atoms with E-state index in [4.69, 9.17) is 9.84 Å². The summed E-state index contributed by atoms with van der Waals surface area (Å²) in [6, 6.07) is 28.9. The lowest BCUT2D eigenvalue weighted by Gasteiger charge is -2.34. The van der Waals surface area contributed by atoms with Gasteiger partial charge in [0.2, 0.25) is 3.79 Å². The molecule has 41 heavy (non-hydrogen) atoms. The summed E-state index contributed by atoms with van der Waals surface area (Å²) in [6.07, 6.45) is 5.30. The number of hydrogen-bond donors (Lipinski definition) is 1. The molecule has 0 spiro atoms. The van der Waals surface area contributed by atoms with Crippen molar-refractivity contribution in [3.05, 3.63) is 126 Å². The highest BCUT2D eigenvalue weighted by Crippen LogP contribution is 2.38. The average molecular weight is 655 g/mol. The van der Waals surface area contributed by atoms with E-state index in [0.717, 1.165) is 27.9 Å². The zero-order valence-corrected chi connectivity index (χ0v) is 24.1. The molecule has 0 bridgehead atoms. The maximum Gasteiger partial charge on any atom is 0.414 e. The van der Waals surface area contributed by atoms with Crippen molar-refractivity contribution in [3.63, 3.8) is 0 Å². The minimum absolute atomic E-state index is 0.0984. The molecule has 1 amide bonds. The van der Waals surface area contributed by atoms with Crippen molar-refractivity contribution >= 4 is 49.7 Å². The number of ether oxygens (including phenoxy) is 1. The fourth-order valence-corrected chi connectivity index (χ4v) is 5.56. The van der Waals surface area contributed by atoms with E-state index < -0.39 is 6.09 Å².